The third-order valence-corrected chi connectivity index (χ3v) is 8.29. The van der Waals surface area contributed by atoms with Gasteiger partial charge in [0.05, 0.1) is 12.6 Å². The normalized spacial score (nSPS) is 21.2. The van der Waals surface area contributed by atoms with Gasteiger partial charge in [-0.25, -0.2) is 0 Å². The number of thioether (sulfide) groups is 1. The van der Waals surface area contributed by atoms with Gasteiger partial charge in [0.2, 0.25) is 0 Å². The zero-order valence-electron chi connectivity index (χ0n) is 21.2. The molecule has 3 atom stereocenters. The molecule has 3 unspecified atom stereocenters. The maximum Gasteiger partial charge on any atom is 0.252 e. The summed E-state index contributed by atoms with van der Waals surface area (Å²) in [5.74, 6) is 1.67. The molecule has 1 saturated carbocycles. The maximum atomic E-state index is 13.4. The van der Waals surface area contributed by atoms with Gasteiger partial charge in [-0.1, -0.05) is 80.4 Å². The number of hydrogen-bond donors (Lipinski definition) is 0. The first-order valence-corrected chi connectivity index (χ1v) is 14.0. The minimum atomic E-state index is -0.410. The standard InChI is InChI=1S/C22H30ClNO2S.C7H7Cl/c1-5-6-20-21(25)24(19(16-7-8-16)14-27-22(2,3)4)18(13-26-20)15-9-11-17(23)12-10-15;1-6-4-2-3-5-7(6)8/h5,9-12,16,18-20H,1,6-8,13-14H2,2-4H3;2-5H,1H3. The zero-order valence-corrected chi connectivity index (χ0v) is 23.5. The van der Waals surface area contributed by atoms with Crippen LogP contribution in [0.2, 0.25) is 10.0 Å². The van der Waals surface area contributed by atoms with Crippen molar-refractivity contribution in [2.75, 3.05) is 12.4 Å². The lowest BCUT2D eigenvalue weighted by Crippen LogP contribution is -2.55. The van der Waals surface area contributed by atoms with Crippen LogP contribution in [0.1, 0.15) is 57.2 Å². The Balaban J connectivity index is 0.000000363. The van der Waals surface area contributed by atoms with Crippen LogP contribution in [-0.4, -0.2) is 40.1 Å². The highest BCUT2D eigenvalue weighted by Crippen LogP contribution is 2.43. The van der Waals surface area contributed by atoms with E-state index in [1.165, 1.54) is 12.8 Å². The van der Waals surface area contributed by atoms with Crippen molar-refractivity contribution in [1.82, 2.24) is 4.90 Å². The summed E-state index contributed by atoms with van der Waals surface area (Å²) in [7, 11) is 0. The van der Waals surface area contributed by atoms with Crippen LogP contribution in [0.3, 0.4) is 0 Å². The Bertz CT molecular complexity index is 964. The molecule has 4 rings (SSSR count). The predicted molar refractivity (Wildman–Crippen MR) is 151 cm³/mol. The fraction of sp³-hybridized carbons (Fsp3) is 0.483. The number of ether oxygens (including phenoxy) is 1. The molecule has 0 N–H and O–H groups in total. The van der Waals surface area contributed by atoms with Crippen molar-refractivity contribution in [2.45, 2.75) is 69.9 Å². The van der Waals surface area contributed by atoms with E-state index in [2.05, 4.69) is 32.3 Å². The van der Waals surface area contributed by atoms with Crippen molar-refractivity contribution in [3.8, 4) is 0 Å². The van der Waals surface area contributed by atoms with E-state index in [1.54, 1.807) is 6.08 Å². The summed E-state index contributed by atoms with van der Waals surface area (Å²) in [4.78, 5) is 15.5. The summed E-state index contributed by atoms with van der Waals surface area (Å²) in [5, 5.41) is 1.55. The van der Waals surface area contributed by atoms with Gasteiger partial charge in [0.25, 0.3) is 5.91 Å². The molecule has 0 radical (unpaired) electrons. The van der Waals surface area contributed by atoms with Crippen molar-refractivity contribution in [1.29, 1.82) is 0 Å². The number of halogens is 2. The Morgan fingerprint density at radius 3 is 2.31 bits per heavy atom. The van der Waals surface area contributed by atoms with Gasteiger partial charge in [0.1, 0.15) is 6.10 Å². The fourth-order valence-corrected chi connectivity index (χ4v) is 5.51. The Morgan fingerprint density at radius 2 is 1.80 bits per heavy atom. The van der Waals surface area contributed by atoms with Gasteiger partial charge in [0, 0.05) is 33.0 Å². The van der Waals surface area contributed by atoms with Gasteiger partial charge in [-0.05, 0) is 55.0 Å². The number of amides is 1. The molecule has 1 amide bonds. The monoisotopic (exact) mass is 533 g/mol. The summed E-state index contributed by atoms with van der Waals surface area (Å²) in [6, 6.07) is 15.8. The first kappa shape index (κ1) is 28.1. The summed E-state index contributed by atoms with van der Waals surface area (Å²) in [6.07, 6.45) is 4.34. The van der Waals surface area contributed by atoms with Crippen LogP contribution in [0.5, 0.6) is 0 Å². The lowest BCUT2D eigenvalue weighted by molar-refractivity contribution is -0.163. The molecule has 0 spiro atoms. The molecule has 0 bridgehead atoms. The second-order valence-corrected chi connectivity index (χ2v) is 12.9. The smallest absolute Gasteiger partial charge is 0.252 e. The number of hydrogen-bond acceptors (Lipinski definition) is 3. The van der Waals surface area contributed by atoms with Crippen LogP contribution < -0.4 is 0 Å². The number of carbonyl (C=O) groups is 1. The van der Waals surface area contributed by atoms with Gasteiger partial charge in [-0.15, -0.1) is 6.58 Å². The van der Waals surface area contributed by atoms with E-state index in [4.69, 9.17) is 27.9 Å². The number of nitrogens with zero attached hydrogens (tertiary/aromatic N) is 1. The Labute approximate surface area is 225 Å². The first-order chi connectivity index (χ1) is 16.6. The molecule has 1 heterocycles. The molecular weight excluding hydrogens is 497 g/mol. The number of carbonyl (C=O) groups excluding carboxylic acids is 1. The number of rotatable bonds is 7. The average molecular weight is 535 g/mol. The van der Waals surface area contributed by atoms with Crippen LogP contribution in [0.15, 0.2) is 61.2 Å². The third-order valence-electron chi connectivity index (χ3n) is 6.24. The minimum Gasteiger partial charge on any atom is -0.366 e. The van der Waals surface area contributed by atoms with Crippen LogP contribution >= 0.6 is 35.0 Å². The predicted octanol–water partition coefficient (Wildman–Crippen LogP) is 8.14. The van der Waals surface area contributed by atoms with E-state index in [0.29, 0.717) is 24.0 Å². The number of morpholine rings is 1. The SMILES string of the molecule is C=CCC1OCC(c2ccc(Cl)cc2)N(C(CSC(C)(C)C)C2CC2)C1=O.Cc1ccccc1Cl. The van der Waals surface area contributed by atoms with Crippen LogP contribution in [-0.2, 0) is 9.53 Å². The van der Waals surface area contributed by atoms with Crippen LogP contribution in [0, 0.1) is 12.8 Å². The van der Waals surface area contributed by atoms with Crippen molar-refractivity contribution in [3.05, 3.63) is 82.4 Å². The molecule has 2 aliphatic rings. The van der Waals surface area contributed by atoms with Crippen molar-refractivity contribution in [3.63, 3.8) is 0 Å². The van der Waals surface area contributed by atoms with E-state index >= 15 is 0 Å². The first-order valence-electron chi connectivity index (χ1n) is 12.3. The molecule has 6 heteroatoms. The van der Waals surface area contributed by atoms with Gasteiger partial charge in [0.15, 0.2) is 0 Å². The number of benzene rings is 2. The molecule has 3 nitrogen and oxygen atoms in total. The van der Waals surface area contributed by atoms with E-state index in [1.807, 2.05) is 67.2 Å². The quantitative estimate of drug-likeness (QED) is 0.336. The van der Waals surface area contributed by atoms with E-state index < -0.39 is 6.10 Å². The molecule has 1 saturated heterocycles. The minimum absolute atomic E-state index is 0.0537. The Hall–Kier alpha value is -1.46. The highest BCUT2D eigenvalue weighted by Gasteiger charge is 2.45. The van der Waals surface area contributed by atoms with Gasteiger partial charge in [-0.3, -0.25) is 4.79 Å². The van der Waals surface area contributed by atoms with Gasteiger partial charge in [-0.2, -0.15) is 11.8 Å². The Kier molecular flexibility index (Phi) is 10.2. The molecule has 0 aromatic heterocycles. The topological polar surface area (TPSA) is 29.5 Å². The summed E-state index contributed by atoms with van der Waals surface area (Å²) in [6.45, 7) is 13.0. The number of aryl methyl sites for hydroxylation is 1. The van der Waals surface area contributed by atoms with Crippen molar-refractivity contribution < 1.29 is 9.53 Å². The van der Waals surface area contributed by atoms with Crippen molar-refractivity contribution >= 4 is 40.9 Å². The van der Waals surface area contributed by atoms with Crippen LogP contribution in [0.4, 0.5) is 0 Å². The average Bonchev–Trinajstić information content (AvgIpc) is 3.64. The molecule has 2 fully saturated rings. The summed E-state index contributed by atoms with van der Waals surface area (Å²) < 4.78 is 6.13. The van der Waals surface area contributed by atoms with E-state index in [9.17, 15) is 4.79 Å². The maximum absolute atomic E-state index is 13.4. The molecule has 35 heavy (non-hydrogen) atoms. The molecular formula is C29H37Cl2NO2S. The lowest BCUT2D eigenvalue weighted by atomic mass is 9.98. The molecule has 1 aliphatic heterocycles. The van der Waals surface area contributed by atoms with Gasteiger partial charge >= 0.3 is 0 Å². The zero-order chi connectivity index (χ0) is 25.6. The molecule has 2 aromatic rings. The molecule has 1 aliphatic carbocycles. The van der Waals surface area contributed by atoms with E-state index in [-0.39, 0.29) is 22.7 Å². The largest absolute Gasteiger partial charge is 0.366 e. The molecule has 190 valence electrons. The highest BCUT2D eigenvalue weighted by atomic mass is 35.5. The summed E-state index contributed by atoms with van der Waals surface area (Å²) in [5.41, 5.74) is 2.23. The van der Waals surface area contributed by atoms with Crippen LogP contribution in [0.25, 0.3) is 0 Å². The lowest BCUT2D eigenvalue weighted by Gasteiger charge is -2.44. The van der Waals surface area contributed by atoms with Gasteiger partial charge < -0.3 is 9.64 Å². The second kappa shape index (κ2) is 12.7. The highest BCUT2D eigenvalue weighted by molar-refractivity contribution is 8.00. The summed E-state index contributed by atoms with van der Waals surface area (Å²) >= 11 is 13.7. The molecule has 2 aromatic carbocycles. The van der Waals surface area contributed by atoms with Crippen molar-refractivity contribution in [2.24, 2.45) is 5.92 Å². The van der Waals surface area contributed by atoms with E-state index in [0.717, 1.165) is 21.9 Å². The second-order valence-electron chi connectivity index (χ2n) is 10.2. The Morgan fingerprint density at radius 1 is 1.14 bits per heavy atom. The third kappa shape index (κ3) is 8.28. The fourth-order valence-electron chi connectivity index (χ4n) is 4.15.